The molecule has 0 bridgehead atoms. The Labute approximate surface area is 129 Å². The summed E-state index contributed by atoms with van der Waals surface area (Å²) in [4.78, 5) is 11.8. The van der Waals surface area contributed by atoms with Crippen molar-refractivity contribution in [2.24, 2.45) is 0 Å². The average Bonchev–Trinajstić information content (AvgIpc) is 2.95. The van der Waals surface area contributed by atoms with Crippen molar-refractivity contribution < 1.29 is 4.79 Å². The maximum Gasteiger partial charge on any atom is 0.228 e. The molecule has 8 heteroatoms. The minimum absolute atomic E-state index is 0.0536. The van der Waals surface area contributed by atoms with Crippen LogP contribution in [0.5, 0.6) is 0 Å². The van der Waals surface area contributed by atoms with Crippen LogP contribution in [-0.4, -0.2) is 25.9 Å². The summed E-state index contributed by atoms with van der Waals surface area (Å²) in [5, 5.41) is 16.4. The Hall–Kier alpha value is -1.28. The molecule has 0 aliphatic carbocycles. The van der Waals surface area contributed by atoms with Crippen LogP contribution in [0.3, 0.4) is 0 Å². The molecule has 2 aromatic heterocycles. The van der Waals surface area contributed by atoms with Crippen LogP contribution in [-0.2, 0) is 16.8 Å². The monoisotopic (exact) mass is 357 g/mol. The third-order valence-corrected chi connectivity index (χ3v) is 4.16. The van der Waals surface area contributed by atoms with Crippen LogP contribution < -0.4 is 5.32 Å². The van der Waals surface area contributed by atoms with E-state index in [1.165, 1.54) is 11.3 Å². The first-order valence-corrected chi connectivity index (χ1v) is 7.77. The van der Waals surface area contributed by atoms with Gasteiger partial charge in [0.2, 0.25) is 11.0 Å². The van der Waals surface area contributed by atoms with Crippen LogP contribution in [0.15, 0.2) is 16.9 Å². The first kappa shape index (κ1) is 15.1. The van der Waals surface area contributed by atoms with Gasteiger partial charge in [0.25, 0.3) is 0 Å². The van der Waals surface area contributed by atoms with E-state index in [-0.39, 0.29) is 11.3 Å². The van der Waals surface area contributed by atoms with Crippen molar-refractivity contribution in [3.05, 3.63) is 21.9 Å². The Balaban J connectivity index is 1.87. The fourth-order valence-corrected chi connectivity index (χ4v) is 2.58. The van der Waals surface area contributed by atoms with Crippen molar-refractivity contribution in [3.63, 3.8) is 0 Å². The fraction of sp³-hybridized carbons (Fsp3) is 0.500. The molecule has 0 aliphatic rings. The molecule has 0 atom stereocenters. The molecule has 20 heavy (non-hydrogen) atoms. The van der Waals surface area contributed by atoms with Gasteiger partial charge in [0.1, 0.15) is 5.01 Å². The molecule has 0 radical (unpaired) electrons. The number of carbonyl (C=O) groups excluding carboxylic acids is 1. The third-order valence-electron chi connectivity index (χ3n) is 2.48. The Morgan fingerprint density at radius 3 is 2.75 bits per heavy atom. The number of aromatic nitrogens is 4. The standard InChI is InChI=1S/C12H16BrN5OS/c1-12(2,3)10-16-17-11(20-10)15-9(19)4-5-18-7-8(13)6-14-18/h6-7H,4-5H2,1-3H3,(H,15,17,19). The smallest absolute Gasteiger partial charge is 0.228 e. The molecule has 0 spiro atoms. The molecule has 1 N–H and O–H groups in total. The molecular formula is C12H16BrN5OS. The lowest BCUT2D eigenvalue weighted by Gasteiger charge is -2.12. The van der Waals surface area contributed by atoms with Gasteiger partial charge in [0.15, 0.2) is 0 Å². The van der Waals surface area contributed by atoms with Gasteiger partial charge in [-0.2, -0.15) is 5.10 Å². The van der Waals surface area contributed by atoms with E-state index in [1.807, 2.05) is 6.20 Å². The number of nitrogens with zero attached hydrogens (tertiary/aromatic N) is 4. The summed E-state index contributed by atoms with van der Waals surface area (Å²) >= 11 is 4.72. The molecule has 108 valence electrons. The lowest BCUT2D eigenvalue weighted by molar-refractivity contribution is -0.116. The zero-order chi connectivity index (χ0) is 14.8. The predicted molar refractivity (Wildman–Crippen MR) is 81.8 cm³/mol. The van der Waals surface area contributed by atoms with Crippen LogP contribution in [0, 0.1) is 0 Å². The molecule has 2 heterocycles. The molecule has 0 fully saturated rings. The maximum absolute atomic E-state index is 11.8. The first-order chi connectivity index (χ1) is 9.34. The van der Waals surface area contributed by atoms with E-state index >= 15 is 0 Å². The highest BCUT2D eigenvalue weighted by Gasteiger charge is 2.19. The molecule has 0 unspecified atom stereocenters. The second kappa shape index (κ2) is 6.01. The van der Waals surface area contributed by atoms with Gasteiger partial charge in [-0.3, -0.25) is 9.48 Å². The number of nitrogens with one attached hydrogen (secondary N) is 1. The Kier molecular flexibility index (Phi) is 4.54. The Morgan fingerprint density at radius 1 is 1.45 bits per heavy atom. The van der Waals surface area contributed by atoms with E-state index in [0.717, 1.165) is 9.48 Å². The number of amides is 1. The minimum Gasteiger partial charge on any atom is -0.300 e. The summed E-state index contributed by atoms with van der Waals surface area (Å²) in [6.07, 6.45) is 3.87. The summed E-state index contributed by atoms with van der Waals surface area (Å²) in [6.45, 7) is 6.72. The molecule has 2 rings (SSSR count). The molecule has 0 saturated heterocycles. The third kappa shape index (κ3) is 4.11. The van der Waals surface area contributed by atoms with Crippen LogP contribution in [0.1, 0.15) is 32.2 Å². The normalized spacial score (nSPS) is 11.6. The highest BCUT2D eigenvalue weighted by Crippen LogP contribution is 2.27. The summed E-state index contributed by atoms with van der Waals surface area (Å²) in [7, 11) is 0. The number of carbonyl (C=O) groups is 1. The molecule has 0 aliphatic heterocycles. The zero-order valence-corrected chi connectivity index (χ0v) is 14.0. The van der Waals surface area contributed by atoms with Gasteiger partial charge in [0, 0.05) is 24.6 Å². The van der Waals surface area contributed by atoms with Gasteiger partial charge in [-0.05, 0) is 15.9 Å². The maximum atomic E-state index is 11.8. The van der Waals surface area contributed by atoms with Crippen molar-refractivity contribution in [2.75, 3.05) is 5.32 Å². The summed E-state index contributed by atoms with van der Waals surface area (Å²) in [5.41, 5.74) is -0.0536. The van der Waals surface area contributed by atoms with Crippen molar-refractivity contribution in [1.82, 2.24) is 20.0 Å². The van der Waals surface area contributed by atoms with Crippen LogP contribution in [0.25, 0.3) is 0 Å². The number of halogens is 1. The van der Waals surface area contributed by atoms with Crippen molar-refractivity contribution in [2.45, 2.75) is 39.2 Å². The second-order valence-electron chi connectivity index (χ2n) is 5.38. The highest BCUT2D eigenvalue weighted by molar-refractivity contribution is 9.10. The van der Waals surface area contributed by atoms with Crippen LogP contribution >= 0.6 is 27.3 Å². The summed E-state index contributed by atoms with van der Waals surface area (Å²) < 4.78 is 2.61. The minimum atomic E-state index is -0.0896. The van der Waals surface area contributed by atoms with E-state index in [0.29, 0.717) is 18.1 Å². The number of hydrogen-bond donors (Lipinski definition) is 1. The van der Waals surface area contributed by atoms with Crippen molar-refractivity contribution >= 4 is 38.3 Å². The van der Waals surface area contributed by atoms with E-state index in [1.54, 1.807) is 10.9 Å². The molecule has 2 aromatic rings. The topological polar surface area (TPSA) is 72.7 Å². The molecule has 0 saturated carbocycles. The first-order valence-electron chi connectivity index (χ1n) is 6.16. The van der Waals surface area contributed by atoms with Crippen LogP contribution in [0.2, 0.25) is 0 Å². The van der Waals surface area contributed by atoms with E-state index in [9.17, 15) is 4.79 Å². The number of aryl methyl sites for hydroxylation is 1. The summed E-state index contributed by atoms with van der Waals surface area (Å²) in [6, 6.07) is 0. The number of rotatable bonds is 4. The number of hydrogen-bond acceptors (Lipinski definition) is 5. The quantitative estimate of drug-likeness (QED) is 0.912. The fourth-order valence-electron chi connectivity index (χ4n) is 1.44. The van der Waals surface area contributed by atoms with E-state index in [2.05, 4.69) is 57.3 Å². The Bertz CT molecular complexity index is 601. The van der Waals surface area contributed by atoms with Gasteiger partial charge >= 0.3 is 0 Å². The van der Waals surface area contributed by atoms with E-state index < -0.39 is 0 Å². The molecule has 0 aromatic carbocycles. The van der Waals surface area contributed by atoms with Gasteiger partial charge < -0.3 is 5.32 Å². The lowest BCUT2D eigenvalue weighted by Crippen LogP contribution is -2.14. The van der Waals surface area contributed by atoms with Gasteiger partial charge in [-0.25, -0.2) is 0 Å². The lowest BCUT2D eigenvalue weighted by atomic mass is 9.98. The predicted octanol–water partition coefficient (Wildman–Crippen LogP) is 2.82. The van der Waals surface area contributed by atoms with Crippen molar-refractivity contribution in [1.29, 1.82) is 0 Å². The molecule has 6 nitrogen and oxygen atoms in total. The zero-order valence-electron chi connectivity index (χ0n) is 11.6. The van der Waals surface area contributed by atoms with Crippen molar-refractivity contribution in [3.8, 4) is 0 Å². The van der Waals surface area contributed by atoms with Gasteiger partial charge in [-0.15, -0.1) is 10.2 Å². The van der Waals surface area contributed by atoms with Gasteiger partial charge in [-0.1, -0.05) is 32.1 Å². The highest BCUT2D eigenvalue weighted by atomic mass is 79.9. The molecule has 1 amide bonds. The summed E-state index contributed by atoms with van der Waals surface area (Å²) in [5.74, 6) is -0.0896. The van der Waals surface area contributed by atoms with E-state index in [4.69, 9.17) is 0 Å². The number of anilines is 1. The average molecular weight is 358 g/mol. The van der Waals surface area contributed by atoms with Crippen LogP contribution in [0.4, 0.5) is 5.13 Å². The largest absolute Gasteiger partial charge is 0.300 e. The SMILES string of the molecule is CC(C)(C)c1nnc(NC(=O)CCn2cc(Br)cn2)s1. The Morgan fingerprint density at radius 2 is 2.20 bits per heavy atom. The second-order valence-corrected chi connectivity index (χ2v) is 7.28. The van der Waals surface area contributed by atoms with Gasteiger partial charge in [0.05, 0.1) is 10.7 Å². The molecular weight excluding hydrogens is 342 g/mol.